The van der Waals surface area contributed by atoms with Crippen LogP contribution in [0.5, 0.6) is 0 Å². The molecule has 0 spiro atoms. The molecule has 1 aliphatic heterocycles. The Bertz CT molecular complexity index is 382. The second-order valence-electron chi connectivity index (χ2n) is 4.82. The Kier molecular flexibility index (Phi) is 3.47. The van der Waals surface area contributed by atoms with Crippen LogP contribution in [0.4, 0.5) is 11.6 Å². The first-order valence-corrected chi connectivity index (χ1v) is 6.15. The lowest BCUT2D eigenvalue weighted by Gasteiger charge is -2.38. The Morgan fingerprint density at radius 3 is 2.41 bits per heavy atom. The topological polar surface area (TPSA) is 58.3 Å². The molecule has 0 saturated carbocycles. The number of nitrogens with zero attached hydrogens (tertiary/aromatic N) is 4. The first-order chi connectivity index (χ1) is 8.09. The quantitative estimate of drug-likeness (QED) is 0.825. The van der Waals surface area contributed by atoms with Gasteiger partial charge < -0.3 is 10.6 Å². The minimum absolute atomic E-state index is 0.585. The number of nitrogens with two attached hydrogens (primary N) is 1. The zero-order valence-electron chi connectivity index (χ0n) is 10.8. The molecule has 0 atom stereocenters. The number of anilines is 2. The van der Waals surface area contributed by atoms with Crippen LogP contribution < -0.4 is 10.6 Å². The average Bonchev–Trinajstić information content (AvgIpc) is 2.33. The molecule has 1 aliphatic rings. The molecular weight excluding hydrogens is 214 g/mol. The highest BCUT2D eigenvalue weighted by atomic mass is 15.3. The van der Waals surface area contributed by atoms with E-state index < -0.39 is 0 Å². The molecule has 0 aromatic carbocycles. The van der Waals surface area contributed by atoms with Gasteiger partial charge in [-0.2, -0.15) is 0 Å². The molecule has 0 bridgehead atoms. The molecule has 1 fully saturated rings. The van der Waals surface area contributed by atoms with Gasteiger partial charge in [0.1, 0.15) is 18.0 Å². The van der Waals surface area contributed by atoms with Crippen molar-refractivity contribution >= 4 is 11.6 Å². The van der Waals surface area contributed by atoms with Gasteiger partial charge in [-0.1, -0.05) is 0 Å². The zero-order chi connectivity index (χ0) is 12.4. The molecule has 1 aromatic heterocycles. The summed E-state index contributed by atoms with van der Waals surface area (Å²) in [4.78, 5) is 13.1. The van der Waals surface area contributed by atoms with Gasteiger partial charge in [0, 0.05) is 37.8 Å². The van der Waals surface area contributed by atoms with E-state index in [0.717, 1.165) is 37.6 Å². The van der Waals surface area contributed by atoms with E-state index >= 15 is 0 Å². The monoisotopic (exact) mass is 235 g/mol. The van der Waals surface area contributed by atoms with Crippen molar-refractivity contribution in [3.63, 3.8) is 0 Å². The molecule has 2 heterocycles. The summed E-state index contributed by atoms with van der Waals surface area (Å²) in [6.07, 6.45) is 1.55. The van der Waals surface area contributed by atoms with E-state index in [1.807, 2.05) is 6.92 Å². The largest absolute Gasteiger partial charge is 0.383 e. The van der Waals surface area contributed by atoms with E-state index in [2.05, 4.69) is 33.6 Å². The number of aromatic nitrogens is 2. The summed E-state index contributed by atoms with van der Waals surface area (Å²) < 4.78 is 0. The molecule has 2 rings (SSSR count). The van der Waals surface area contributed by atoms with Crippen LogP contribution in [-0.4, -0.2) is 47.1 Å². The van der Waals surface area contributed by atoms with Gasteiger partial charge in [0.2, 0.25) is 0 Å². The predicted molar refractivity (Wildman–Crippen MR) is 70.1 cm³/mol. The fourth-order valence-corrected chi connectivity index (χ4v) is 2.22. The van der Waals surface area contributed by atoms with Crippen LogP contribution in [0.25, 0.3) is 0 Å². The first kappa shape index (κ1) is 12.1. The summed E-state index contributed by atoms with van der Waals surface area (Å²) in [5, 5.41) is 0. The van der Waals surface area contributed by atoms with E-state index in [-0.39, 0.29) is 0 Å². The molecule has 0 aliphatic carbocycles. The average molecular weight is 235 g/mol. The van der Waals surface area contributed by atoms with Crippen LogP contribution in [-0.2, 0) is 0 Å². The summed E-state index contributed by atoms with van der Waals surface area (Å²) in [6, 6.07) is 0.619. The molecule has 2 N–H and O–H groups in total. The Labute approximate surface area is 103 Å². The van der Waals surface area contributed by atoms with E-state index in [4.69, 9.17) is 5.73 Å². The lowest BCUT2D eigenvalue weighted by Crippen LogP contribution is -2.49. The molecule has 0 amide bonds. The maximum Gasteiger partial charge on any atom is 0.137 e. The third-order valence-corrected chi connectivity index (χ3v) is 3.44. The molecule has 5 heteroatoms. The third kappa shape index (κ3) is 2.49. The van der Waals surface area contributed by atoms with Gasteiger partial charge in [0.15, 0.2) is 0 Å². The highest BCUT2D eigenvalue weighted by molar-refractivity contribution is 5.55. The Morgan fingerprint density at radius 1 is 1.18 bits per heavy atom. The van der Waals surface area contributed by atoms with Gasteiger partial charge in [0.05, 0.1) is 0 Å². The summed E-state index contributed by atoms with van der Waals surface area (Å²) in [5.74, 6) is 1.57. The van der Waals surface area contributed by atoms with Crippen molar-refractivity contribution in [1.82, 2.24) is 14.9 Å². The van der Waals surface area contributed by atoms with Crippen LogP contribution in [0.2, 0.25) is 0 Å². The van der Waals surface area contributed by atoms with E-state index in [0.29, 0.717) is 11.9 Å². The van der Waals surface area contributed by atoms with E-state index in [1.165, 1.54) is 0 Å². The Hall–Kier alpha value is -1.36. The van der Waals surface area contributed by atoms with Gasteiger partial charge in [-0.15, -0.1) is 0 Å². The summed E-state index contributed by atoms with van der Waals surface area (Å²) in [7, 11) is 0. The van der Waals surface area contributed by atoms with Crippen LogP contribution in [0.3, 0.4) is 0 Å². The van der Waals surface area contributed by atoms with Crippen LogP contribution in [0, 0.1) is 6.92 Å². The molecule has 17 heavy (non-hydrogen) atoms. The van der Waals surface area contributed by atoms with Gasteiger partial charge in [-0.3, -0.25) is 4.90 Å². The number of hydrogen-bond donors (Lipinski definition) is 1. The van der Waals surface area contributed by atoms with Gasteiger partial charge in [0.25, 0.3) is 0 Å². The lowest BCUT2D eigenvalue weighted by molar-refractivity contribution is 0.209. The second-order valence-corrected chi connectivity index (χ2v) is 4.82. The molecule has 0 unspecified atom stereocenters. The van der Waals surface area contributed by atoms with Crippen molar-refractivity contribution in [2.75, 3.05) is 36.8 Å². The normalized spacial score (nSPS) is 17.8. The van der Waals surface area contributed by atoms with E-state index in [1.54, 1.807) is 6.33 Å². The van der Waals surface area contributed by atoms with Crippen molar-refractivity contribution in [2.24, 2.45) is 0 Å². The third-order valence-electron chi connectivity index (χ3n) is 3.44. The minimum atomic E-state index is 0.585. The number of hydrogen-bond acceptors (Lipinski definition) is 5. The molecular formula is C12H21N5. The standard InChI is InChI=1S/C12H21N5/c1-9(2)16-4-6-17(7-5-16)12-10(3)11(13)14-8-15-12/h8-9H,4-7H2,1-3H3,(H2,13,14,15). The highest BCUT2D eigenvalue weighted by Gasteiger charge is 2.21. The van der Waals surface area contributed by atoms with Crippen molar-refractivity contribution < 1.29 is 0 Å². The molecule has 1 saturated heterocycles. The van der Waals surface area contributed by atoms with Crippen LogP contribution in [0.1, 0.15) is 19.4 Å². The highest BCUT2D eigenvalue weighted by Crippen LogP contribution is 2.21. The molecule has 1 aromatic rings. The molecule has 5 nitrogen and oxygen atoms in total. The summed E-state index contributed by atoms with van der Waals surface area (Å²) >= 11 is 0. The number of rotatable bonds is 2. The second kappa shape index (κ2) is 4.87. The number of nitrogen functional groups attached to an aromatic ring is 1. The zero-order valence-corrected chi connectivity index (χ0v) is 10.8. The van der Waals surface area contributed by atoms with Crippen molar-refractivity contribution in [1.29, 1.82) is 0 Å². The summed E-state index contributed by atoms with van der Waals surface area (Å²) in [5.41, 5.74) is 6.81. The number of piperazine rings is 1. The lowest BCUT2D eigenvalue weighted by atomic mass is 10.2. The Balaban J connectivity index is 2.08. The predicted octanol–water partition coefficient (Wildman–Crippen LogP) is 0.898. The van der Waals surface area contributed by atoms with Crippen LogP contribution >= 0.6 is 0 Å². The van der Waals surface area contributed by atoms with E-state index in [9.17, 15) is 0 Å². The maximum absolute atomic E-state index is 5.81. The fourth-order valence-electron chi connectivity index (χ4n) is 2.22. The van der Waals surface area contributed by atoms with Gasteiger partial charge >= 0.3 is 0 Å². The van der Waals surface area contributed by atoms with Crippen molar-refractivity contribution in [3.8, 4) is 0 Å². The van der Waals surface area contributed by atoms with Crippen LogP contribution in [0.15, 0.2) is 6.33 Å². The van der Waals surface area contributed by atoms with Crippen molar-refractivity contribution in [3.05, 3.63) is 11.9 Å². The molecule has 0 radical (unpaired) electrons. The van der Waals surface area contributed by atoms with Crippen molar-refractivity contribution in [2.45, 2.75) is 26.8 Å². The fraction of sp³-hybridized carbons (Fsp3) is 0.667. The smallest absolute Gasteiger partial charge is 0.137 e. The van der Waals surface area contributed by atoms with Gasteiger partial charge in [-0.25, -0.2) is 9.97 Å². The SMILES string of the molecule is Cc1c(N)ncnc1N1CCN(C(C)C)CC1. The van der Waals surface area contributed by atoms with Gasteiger partial charge in [-0.05, 0) is 20.8 Å². The summed E-state index contributed by atoms with van der Waals surface area (Å²) in [6.45, 7) is 10.7. The molecule has 94 valence electrons. The Morgan fingerprint density at radius 2 is 1.82 bits per heavy atom. The minimum Gasteiger partial charge on any atom is -0.383 e. The maximum atomic E-state index is 5.81. The first-order valence-electron chi connectivity index (χ1n) is 6.15.